The lowest BCUT2D eigenvalue weighted by molar-refractivity contribution is -0.142. The number of rotatable bonds is 3. The Labute approximate surface area is 111 Å². The Hall–Kier alpha value is -2.17. The van der Waals surface area contributed by atoms with E-state index in [-0.39, 0.29) is 18.2 Å². The summed E-state index contributed by atoms with van der Waals surface area (Å²) >= 11 is 0. The topological polar surface area (TPSA) is 66.5 Å². The van der Waals surface area contributed by atoms with E-state index in [2.05, 4.69) is 11.9 Å². The summed E-state index contributed by atoms with van der Waals surface area (Å²) in [6.45, 7) is 5.90. The number of allylic oxidation sites excluding steroid dienone is 1. The zero-order chi connectivity index (χ0) is 14.0. The number of hydrogen-bond donors (Lipinski definition) is 1. The van der Waals surface area contributed by atoms with Crippen molar-refractivity contribution in [3.05, 3.63) is 36.0 Å². The van der Waals surface area contributed by atoms with Gasteiger partial charge in [-0.2, -0.15) is 0 Å². The van der Waals surface area contributed by atoms with Crippen molar-refractivity contribution in [2.45, 2.75) is 25.8 Å². The molecule has 0 aromatic carbocycles. The van der Waals surface area contributed by atoms with Gasteiger partial charge >= 0.3 is 0 Å². The summed E-state index contributed by atoms with van der Waals surface area (Å²) in [5.74, 6) is -0.870. The van der Waals surface area contributed by atoms with Gasteiger partial charge in [0.05, 0.1) is 0 Å². The first-order valence-corrected chi connectivity index (χ1v) is 6.21. The highest BCUT2D eigenvalue weighted by atomic mass is 16.2. The maximum Gasteiger partial charge on any atom is 0.255 e. The molecule has 100 valence electrons. The molecule has 5 nitrogen and oxygen atoms in total. The van der Waals surface area contributed by atoms with Crippen LogP contribution in [-0.4, -0.2) is 35.2 Å². The predicted molar refractivity (Wildman–Crippen MR) is 69.9 cm³/mol. The van der Waals surface area contributed by atoms with E-state index in [0.29, 0.717) is 18.5 Å². The van der Waals surface area contributed by atoms with Crippen LogP contribution in [0.2, 0.25) is 0 Å². The van der Waals surface area contributed by atoms with Crippen LogP contribution in [0.15, 0.2) is 36.0 Å². The number of imide groups is 1. The van der Waals surface area contributed by atoms with E-state index in [1.165, 1.54) is 11.0 Å². The average molecular weight is 260 g/mol. The Balaban J connectivity index is 2.21. The fraction of sp³-hybridized carbons (Fsp3) is 0.357. The van der Waals surface area contributed by atoms with Crippen molar-refractivity contribution in [1.29, 1.82) is 0 Å². The molecule has 0 aromatic rings. The minimum atomic E-state index is -0.567. The largest absolute Gasteiger partial charge is 0.322 e. The molecule has 5 heteroatoms. The molecule has 1 fully saturated rings. The molecule has 2 aliphatic rings. The summed E-state index contributed by atoms with van der Waals surface area (Å²) in [5, 5.41) is 2.27. The van der Waals surface area contributed by atoms with Crippen molar-refractivity contribution in [2.24, 2.45) is 0 Å². The quantitative estimate of drug-likeness (QED) is 0.759. The van der Waals surface area contributed by atoms with Crippen LogP contribution in [0.5, 0.6) is 0 Å². The van der Waals surface area contributed by atoms with Crippen LogP contribution >= 0.6 is 0 Å². The van der Waals surface area contributed by atoms with E-state index < -0.39 is 11.9 Å². The molecule has 0 radical (unpaired) electrons. The third kappa shape index (κ3) is 2.36. The van der Waals surface area contributed by atoms with Crippen molar-refractivity contribution >= 4 is 17.7 Å². The van der Waals surface area contributed by atoms with Crippen LogP contribution in [0.25, 0.3) is 0 Å². The van der Waals surface area contributed by atoms with Crippen LogP contribution in [-0.2, 0) is 14.4 Å². The van der Waals surface area contributed by atoms with E-state index in [9.17, 15) is 14.4 Å². The number of nitrogens with zero attached hydrogens (tertiary/aromatic N) is 1. The molecule has 0 saturated carbocycles. The number of hydrogen-bond acceptors (Lipinski definition) is 3. The van der Waals surface area contributed by atoms with Crippen LogP contribution in [0.4, 0.5) is 0 Å². The van der Waals surface area contributed by atoms with Gasteiger partial charge in [0.1, 0.15) is 6.04 Å². The Morgan fingerprint density at radius 2 is 2.11 bits per heavy atom. The van der Waals surface area contributed by atoms with Crippen molar-refractivity contribution in [1.82, 2.24) is 10.2 Å². The minimum absolute atomic E-state index is 0.197. The molecular formula is C14H16N2O3. The third-order valence-electron chi connectivity index (χ3n) is 3.34. The van der Waals surface area contributed by atoms with Crippen LogP contribution in [0.3, 0.4) is 0 Å². The summed E-state index contributed by atoms with van der Waals surface area (Å²) in [6, 6.07) is -0.567. The van der Waals surface area contributed by atoms with Crippen LogP contribution in [0, 0.1) is 0 Å². The second kappa shape index (κ2) is 5.22. The predicted octanol–water partition coefficient (Wildman–Crippen LogP) is 0.692. The van der Waals surface area contributed by atoms with E-state index in [1.54, 1.807) is 0 Å². The Bertz CT molecular complexity index is 517. The first-order chi connectivity index (χ1) is 9.08. The first kappa shape index (κ1) is 13.3. The molecule has 19 heavy (non-hydrogen) atoms. The average Bonchev–Trinajstić information content (AvgIpc) is 2.66. The van der Waals surface area contributed by atoms with Gasteiger partial charge in [0.25, 0.3) is 5.91 Å². The summed E-state index contributed by atoms with van der Waals surface area (Å²) in [4.78, 5) is 36.7. The van der Waals surface area contributed by atoms with Gasteiger partial charge in [0, 0.05) is 18.5 Å². The maximum atomic E-state index is 12.2. The standard InChI is InChI=1S/C14H16N2O3/c1-3-5-9-8-16(14(19)10(9)4-2)11-6-7-12(17)15-13(11)18/h3-5,11H,2,6-8H2,1H3,(H,15,17,18)/b5-3-. The molecular weight excluding hydrogens is 244 g/mol. The number of amides is 3. The van der Waals surface area contributed by atoms with Gasteiger partial charge in [0.15, 0.2) is 0 Å². The SMILES string of the molecule is C=CC1=C(/C=C\C)CN(C2CCC(=O)NC2=O)C1=O. The van der Waals surface area contributed by atoms with E-state index in [1.807, 2.05) is 19.1 Å². The van der Waals surface area contributed by atoms with Gasteiger partial charge in [0.2, 0.25) is 11.8 Å². The van der Waals surface area contributed by atoms with Gasteiger partial charge in [-0.3, -0.25) is 19.7 Å². The van der Waals surface area contributed by atoms with Crippen molar-refractivity contribution in [3.63, 3.8) is 0 Å². The smallest absolute Gasteiger partial charge is 0.255 e. The Morgan fingerprint density at radius 1 is 1.37 bits per heavy atom. The maximum absolute atomic E-state index is 12.2. The van der Waals surface area contributed by atoms with E-state index >= 15 is 0 Å². The summed E-state index contributed by atoms with van der Waals surface area (Å²) in [6.07, 6.45) is 5.86. The number of nitrogens with one attached hydrogen (secondary N) is 1. The van der Waals surface area contributed by atoms with E-state index in [0.717, 1.165) is 5.57 Å². The summed E-state index contributed by atoms with van der Waals surface area (Å²) < 4.78 is 0. The summed E-state index contributed by atoms with van der Waals surface area (Å²) in [5.41, 5.74) is 1.38. The number of piperidine rings is 1. The highest BCUT2D eigenvalue weighted by molar-refractivity contribution is 6.06. The number of carbonyl (C=O) groups excluding carboxylic acids is 3. The monoisotopic (exact) mass is 260 g/mol. The van der Waals surface area contributed by atoms with Gasteiger partial charge in [-0.1, -0.05) is 24.8 Å². The number of carbonyl (C=O) groups is 3. The first-order valence-electron chi connectivity index (χ1n) is 6.21. The van der Waals surface area contributed by atoms with Crippen molar-refractivity contribution in [2.75, 3.05) is 6.54 Å². The lowest BCUT2D eigenvalue weighted by atomic mass is 10.0. The lowest BCUT2D eigenvalue weighted by Gasteiger charge is -2.29. The molecule has 0 aliphatic carbocycles. The molecule has 2 aliphatic heterocycles. The third-order valence-corrected chi connectivity index (χ3v) is 3.34. The molecule has 3 amide bonds. The molecule has 0 aromatic heterocycles. The lowest BCUT2D eigenvalue weighted by Crippen LogP contribution is -2.53. The van der Waals surface area contributed by atoms with Crippen LogP contribution in [0.1, 0.15) is 19.8 Å². The molecule has 2 rings (SSSR count). The van der Waals surface area contributed by atoms with Crippen LogP contribution < -0.4 is 5.32 Å². The molecule has 1 saturated heterocycles. The molecule has 0 bridgehead atoms. The molecule has 1 unspecified atom stereocenters. The zero-order valence-corrected chi connectivity index (χ0v) is 10.8. The minimum Gasteiger partial charge on any atom is -0.322 e. The molecule has 1 N–H and O–H groups in total. The van der Waals surface area contributed by atoms with Gasteiger partial charge in [-0.05, 0) is 18.9 Å². The Kier molecular flexibility index (Phi) is 3.64. The van der Waals surface area contributed by atoms with Crippen molar-refractivity contribution in [3.8, 4) is 0 Å². The second-order valence-corrected chi connectivity index (χ2v) is 4.54. The second-order valence-electron chi connectivity index (χ2n) is 4.54. The zero-order valence-electron chi connectivity index (χ0n) is 10.8. The fourth-order valence-electron chi connectivity index (χ4n) is 2.43. The fourth-order valence-corrected chi connectivity index (χ4v) is 2.43. The summed E-state index contributed by atoms with van der Waals surface area (Å²) in [7, 11) is 0. The Morgan fingerprint density at radius 3 is 2.68 bits per heavy atom. The molecule has 2 heterocycles. The van der Waals surface area contributed by atoms with E-state index in [4.69, 9.17) is 0 Å². The van der Waals surface area contributed by atoms with Gasteiger partial charge in [-0.25, -0.2) is 0 Å². The van der Waals surface area contributed by atoms with Gasteiger partial charge < -0.3 is 4.90 Å². The highest BCUT2D eigenvalue weighted by Crippen LogP contribution is 2.25. The molecule has 1 atom stereocenters. The highest BCUT2D eigenvalue weighted by Gasteiger charge is 2.38. The van der Waals surface area contributed by atoms with Gasteiger partial charge in [-0.15, -0.1) is 0 Å². The molecule has 0 spiro atoms. The normalized spacial score (nSPS) is 24.4. The van der Waals surface area contributed by atoms with Crippen molar-refractivity contribution < 1.29 is 14.4 Å².